The van der Waals surface area contributed by atoms with Crippen LogP contribution in [0.5, 0.6) is 11.5 Å². The van der Waals surface area contributed by atoms with Crippen molar-refractivity contribution >= 4 is 34.7 Å². The molecule has 3 rings (SSSR count). The average molecular weight is 535 g/mol. The first-order valence-corrected chi connectivity index (χ1v) is 11.9. The summed E-state index contributed by atoms with van der Waals surface area (Å²) in [5.41, 5.74) is 4.52. The van der Waals surface area contributed by atoms with Crippen LogP contribution in [-0.4, -0.2) is 31.3 Å². The summed E-state index contributed by atoms with van der Waals surface area (Å²) in [6, 6.07) is 14.3. The minimum atomic E-state index is -0.135. The van der Waals surface area contributed by atoms with Gasteiger partial charge in [0.15, 0.2) is 11.5 Å². The second-order valence-electron chi connectivity index (χ2n) is 7.55. The van der Waals surface area contributed by atoms with Crippen LogP contribution in [0.25, 0.3) is 0 Å². The van der Waals surface area contributed by atoms with Gasteiger partial charge in [0.2, 0.25) is 0 Å². The van der Waals surface area contributed by atoms with Crippen LogP contribution in [0.1, 0.15) is 50.2 Å². The molecule has 0 aromatic heterocycles. The molecule has 1 amide bonds. The lowest BCUT2D eigenvalue weighted by molar-refractivity contribution is -0.120. The van der Waals surface area contributed by atoms with E-state index < -0.39 is 0 Å². The Hall–Kier alpha value is -2.13. The molecule has 1 aliphatic rings. The van der Waals surface area contributed by atoms with Crippen molar-refractivity contribution in [2.24, 2.45) is 5.10 Å². The minimum Gasteiger partial charge on any atom is -0.490 e. The van der Waals surface area contributed by atoms with E-state index in [0.29, 0.717) is 30.8 Å². The van der Waals surface area contributed by atoms with E-state index in [0.717, 1.165) is 27.5 Å². The van der Waals surface area contributed by atoms with Gasteiger partial charge >= 0.3 is 0 Å². The summed E-state index contributed by atoms with van der Waals surface area (Å²) in [5, 5.41) is 7.42. The number of hydrazone groups is 1. The predicted molar refractivity (Wildman–Crippen MR) is 132 cm³/mol. The Morgan fingerprint density at radius 3 is 2.68 bits per heavy atom. The Morgan fingerprint density at radius 1 is 1.16 bits per heavy atom. The molecule has 0 bridgehead atoms. The highest BCUT2D eigenvalue weighted by Crippen LogP contribution is 2.34. The topological polar surface area (TPSA) is 72.0 Å². The Morgan fingerprint density at radius 2 is 1.94 bits per heavy atom. The van der Waals surface area contributed by atoms with Crippen molar-refractivity contribution in [2.45, 2.75) is 51.7 Å². The van der Waals surface area contributed by atoms with Gasteiger partial charge in [-0.3, -0.25) is 4.79 Å². The van der Waals surface area contributed by atoms with Gasteiger partial charge in [0.05, 0.1) is 22.9 Å². The molecule has 2 N–H and O–H groups in total. The van der Waals surface area contributed by atoms with Crippen LogP contribution < -0.4 is 20.2 Å². The Labute approximate surface area is 197 Å². The third-order valence-corrected chi connectivity index (χ3v) is 5.92. The Bertz CT molecular complexity index is 868. The Kier molecular flexibility index (Phi) is 9.61. The van der Waals surface area contributed by atoms with Crippen LogP contribution in [0.15, 0.2) is 47.6 Å². The number of halogens is 1. The lowest BCUT2D eigenvalue weighted by atomic mass is 9.95. The van der Waals surface area contributed by atoms with Crippen LogP contribution >= 0.6 is 22.6 Å². The molecule has 0 saturated heterocycles. The van der Waals surface area contributed by atoms with Gasteiger partial charge in [-0.05, 0) is 65.6 Å². The number of hydrogen-bond acceptors (Lipinski definition) is 5. The van der Waals surface area contributed by atoms with Gasteiger partial charge in [-0.2, -0.15) is 5.10 Å². The van der Waals surface area contributed by atoms with E-state index in [2.05, 4.69) is 38.4 Å². The number of ether oxygens (including phenoxy) is 2. The molecule has 0 heterocycles. The largest absolute Gasteiger partial charge is 0.490 e. The zero-order chi connectivity index (χ0) is 21.9. The van der Waals surface area contributed by atoms with E-state index in [1.165, 1.54) is 19.3 Å². The van der Waals surface area contributed by atoms with Gasteiger partial charge in [0.25, 0.3) is 5.91 Å². The Balaban J connectivity index is 1.57. The van der Waals surface area contributed by atoms with Gasteiger partial charge in [0.1, 0.15) is 6.61 Å². The maximum absolute atomic E-state index is 12.1. The molecule has 0 spiro atoms. The first-order valence-electron chi connectivity index (χ1n) is 10.8. The molecule has 2 aromatic rings. The normalized spacial score (nSPS) is 14.5. The van der Waals surface area contributed by atoms with Gasteiger partial charge in [-0.1, -0.05) is 49.6 Å². The number of carbonyl (C=O) groups excluding carboxylic acids is 1. The van der Waals surface area contributed by atoms with Gasteiger partial charge < -0.3 is 14.8 Å². The van der Waals surface area contributed by atoms with E-state index in [9.17, 15) is 4.79 Å². The molecule has 2 aromatic carbocycles. The van der Waals surface area contributed by atoms with Crippen molar-refractivity contribution in [2.75, 3.05) is 13.2 Å². The molecule has 7 heteroatoms. The minimum absolute atomic E-state index is 0.135. The summed E-state index contributed by atoms with van der Waals surface area (Å²) < 4.78 is 12.8. The van der Waals surface area contributed by atoms with Crippen molar-refractivity contribution in [3.05, 3.63) is 57.2 Å². The number of hydrogen-bond donors (Lipinski definition) is 2. The molecule has 0 radical (unpaired) electrons. The maximum Gasteiger partial charge on any atom is 0.254 e. The molecule has 0 unspecified atom stereocenters. The van der Waals surface area contributed by atoms with Crippen molar-refractivity contribution in [1.82, 2.24) is 10.7 Å². The highest BCUT2D eigenvalue weighted by Gasteiger charge is 2.14. The monoisotopic (exact) mass is 535 g/mol. The maximum atomic E-state index is 12.1. The molecule has 6 nitrogen and oxygen atoms in total. The average Bonchev–Trinajstić information content (AvgIpc) is 2.79. The van der Waals surface area contributed by atoms with Crippen molar-refractivity contribution < 1.29 is 14.3 Å². The number of rotatable bonds is 10. The fourth-order valence-corrected chi connectivity index (χ4v) is 4.34. The fourth-order valence-electron chi connectivity index (χ4n) is 3.56. The third kappa shape index (κ3) is 7.81. The number of nitrogens with one attached hydrogen (secondary N) is 2. The fraction of sp³-hybridized carbons (Fsp3) is 0.417. The van der Waals surface area contributed by atoms with Crippen LogP contribution in [0, 0.1) is 3.57 Å². The smallest absolute Gasteiger partial charge is 0.254 e. The molecule has 1 aliphatic carbocycles. The molecule has 166 valence electrons. The van der Waals surface area contributed by atoms with Crippen LogP contribution in [0.4, 0.5) is 0 Å². The molecular formula is C24H30IN3O3. The van der Waals surface area contributed by atoms with Gasteiger partial charge in [-0.15, -0.1) is 0 Å². The lowest BCUT2D eigenvalue weighted by Crippen LogP contribution is -2.38. The quantitative estimate of drug-likeness (QED) is 0.264. The van der Waals surface area contributed by atoms with Gasteiger partial charge in [0, 0.05) is 6.04 Å². The summed E-state index contributed by atoms with van der Waals surface area (Å²) in [7, 11) is 0. The van der Waals surface area contributed by atoms with Gasteiger partial charge in [-0.25, -0.2) is 5.43 Å². The second-order valence-corrected chi connectivity index (χ2v) is 8.71. The van der Waals surface area contributed by atoms with E-state index in [-0.39, 0.29) is 12.5 Å². The SMILES string of the molecule is CCOc1cc(/C=N\NC(=O)CNC2CCCCC2)cc(I)c1OCc1ccccc1. The number of benzene rings is 2. The van der Waals surface area contributed by atoms with Crippen molar-refractivity contribution in [3.8, 4) is 11.5 Å². The van der Waals surface area contributed by atoms with Crippen molar-refractivity contribution in [3.63, 3.8) is 0 Å². The van der Waals surface area contributed by atoms with Crippen molar-refractivity contribution in [1.29, 1.82) is 0 Å². The molecule has 0 aliphatic heterocycles. The number of carbonyl (C=O) groups is 1. The van der Waals surface area contributed by atoms with Crippen LogP contribution in [0.3, 0.4) is 0 Å². The zero-order valence-electron chi connectivity index (χ0n) is 17.9. The zero-order valence-corrected chi connectivity index (χ0v) is 20.1. The molecule has 31 heavy (non-hydrogen) atoms. The first kappa shape index (κ1) is 23.5. The third-order valence-electron chi connectivity index (χ3n) is 5.12. The van der Waals surface area contributed by atoms with E-state index in [4.69, 9.17) is 9.47 Å². The lowest BCUT2D eigenvalue weighted by Gasteiger charge is -2.22. The van der Waals surface area contributed by atoms with E-state index >= 15 is 0 Å². The summed E-state index contributed by atoms with van der Waals surface area (Å²) in [4.78, 5) is 12.1. The predicted octanol–water partition coefficient (Wildman–Crippen LogP) is 4.64. The second kappa shape index (κ2) is 12.7. The summed E-state index contributed by atoms with van der Waals surface area (Å²) in [6.07, 6.45) is 7.70. The molecule has 1 saturated carbocycles. The molecule has 0 atom stereocenters. The summed E-state index contributed by atoms with van der Waals surface area (Å²) >= 11 is 2.23. The molecule has 1 fully saturated rings. The first-order chi connectivity index (χ1) is 15.2. The number of amides is 1. The standard InChI is InChI=1S/C24H30IN3O3/c1-2-30-22-14-19(13-21(25)24(22)31-17-18-9-5-3-6-10-18)15-27-28-23(29)16-26-20-11-7-4-8-12-20/h3,5-6,9-10,13-15,20,26H,2,4,7-8,11-12,16-17H2,1H3,(H,28,29)/b27-15-. The van der Waals surface area contributed by atoms with E-state index in [1.54, 1.807) is 6.21 Å². The van der Waals surface area contributed by atoms with E-state index in [1.807, 2.05) is 49.4 Å². The van der Waals surface area contributed by atoms with Crippen LogP contribution in [-0.2, 0) is 11.4 Å². The summed E-state index contributed by atoms with van der Waals surface area (Å²) in [5.74, 6) is 1.24. The summed E-state index contributed by atoms with van der Waals surface area (Å²) in [6.45, 7) is 3.22. The highest BCUT2D eigenvalue weighted by molar-refractivity contribution is 14.1. The van der Waals surface area contributed by atoms with Crippen LogP contribution in [0.2, 0.25) is 0 Å². The highest BCUT2D eigenvalue weighted by atomic mass is 127. The molecular weight excluding hydrogens is 505 g/mol. The number of nitrogens with zero attached hydrogens (tertiary/aromatic N) is 1.